The lowest BCUT2D eigenvalue weighted by atomic mass is 9.96. The van der Waals surface area contributed by atoms with E-state index in [1.165, 1.54) is 24.0 Å². The predicted molar refractivity (Wildman–Crippen MR) is 116 cm³/mol. The molecule has 1 aliphatic heterocycles. The number of nitrogens with one attached hydrogen (secondary N) is 1. The molecule has 0 bridgehead atoms. The van der Waals surface area contributed by atoms with Crippen molar-refractivity contribution in [2.45, 2.75) is 37.8 Å². The van der Waals surface area contributed by atoms with Gasteiger partial charge >= 0.3 is 6.03 Å². The van der Waals surface area contributed by atoms with Crippen molar-refractivity contribution in [3.05, 3.63) is 70.2 Å². The van der Waals surface area contributed by atoms with Gasteiger partial charge in [0.15, 0.2) is 0 Å². The predicted octanol–water partition coefficient (Wildman–Crippen LogP) is 4.81. The number of urea groups is 1. The Labute approximate surface area is 176 Å². The largest absolute Gasteiger partial charge is 0.335 e. The molecule has 0 unspecified atom stereocenters. The number of halogens is 1. The Morgan fingerprint density at radius 2 is 1.50 bits per heavy atom. The number of rotatable bonds is 4. The van der Waals surface area contributed by atoms with Gasteiger partial charge in [0, 0.05) is 36.7 Å². The van der Waals surface area contributed by atoms with Crippen LogP contribution >= 0.6 is 15.9 Å². The van der Waals surface area contributed by atoms with Crippen LogP contribution in [0.5, 0.6) is 0 Å². The van der Waals surface area contributed by atoms with E-state index in [1.807, 2.05) is 4.90 Å². The van der Waals surface area contributed by atoms with Crippen molar-refractivity contribution in [1.29, 1.82) is 0 Å². The Morgan fingerprint density at radius 3 is 2.14 bits per heavy atom. The summed E-state index contributed by atoms with van der Waals surface area (Å²) in [6.45, 7) is 3.32. The van der Waals surface area contributed by atoms with E-state index in [4.69, 9.17) is 0 Å². The zero-order valence-corrected chi connectivity index (χ0v) is 17.8. The molecular formula is C23H28BrN3O. The van der Waals surface area contributed by atoms with E-state index in [0.717, 1.165) is 43.5 Å². The summed E-state index contributed by atoms with van der Waals surface area (Å²) in [5, 5.41) is 3.23. The second kappa shape index (κ2) is 9.10. The molecule has 28 heavy (non-hydrogen) atoms. The highest BCUT2D eigenvalue weighted by Crippen LogP contribution is 2.30. The average Bonchev–Trinajstić information content (AvgIpc) is 3.24. The number of hydrogen-bond donors (Lipinski definition) is 1. The van der Waals surface area contributed by atoms with Gasteiger partial charge in [-0.05, 0) is 36.1 Å². The van der Waals surface area contributed by atoms with Crippen LogP contribution in [0.15, 0.2) is 59.1 Å². The van der Waals surface area contributed by atoms with E-state index in [9.17, 15) is 4.79 Å². The second-order valence-electron chi connectivity index (χ2n) is 7.82. The number of piperazine rings is 1. The van der Waals surface area contributed by atoms with Crippen LogP contribution < -0.4 is 5.32 Å². The van der Waals surface area contributed by atoms with Gasteiger partial charge < -0.3 is 10.2 Å². The standard InChI is InChI=1S/C23H28BrN3O/c24-20-12-10-19(11-13-20)22(18-6-2-1-3-7-18)26-14-16-27(17-15-26)23(28)25-21-8-4-5-9-21/h1-3,6-7,10-13,21-22H,4-5,8-9,14-17H2,(H,25,28)/t22-/m0/s1. The number of carbonyl (C=O) groups is 1. The highest BCUT2D eigenvalue weighted by atomic mass is 79.9. The molecular weight excluding hydrogens is 414 g/mol. The Balaban J connectivity index is 1.45. The maximum absolute atomic E-state index is 12.6. The number of amides is 2. The van der Waals surface area contributed by atoms with E-state index in [0.29, 0.717) is 6.04 Å². The Hall–Kier alpha value is -1.85. The van der Waals surface area contributed by atoms with Crippen LogP contribution in [0.3, 0.4) is 0 Å². The molecule has 148 valence electrons. The van der Waals surface area contributed by atoms with Gasteiger partial charge in [-0.3, -0.25) is 4.90 Å². The topological polar surface area (TPSA) is 35.6 Å². The molecule has 1 saturated carbocycles. The normalized spacial score (nSPS) is 19.5. The average molecular weight is 442 g/mol. The van der Waals surface area contributed by atoms with Gasteiger partial charge in [0.2, 0.25) is 0 Å². The summed E-state index contributed by atoms with van der Waals surface area (Å²) < 4.78 is 1.09. The van der Waals surface area contributed by atoms with Crippen LogP contribution in [0, 0.1) is 0 Å². The van der Waals surface area contributed by atoms with Crippen molar-refractivity contribution < 1.29 is 4.79 Å². The molecule has 1 saturated heterocycles. The first kappa shape index (κ1) is 19.5. The van der Waals surface area contributed by atoms with Crippen LogP contribution in [0.25, 0.3) is 0 Å². The summed E-state index contributed by atoms with van der Waals surface area (Å²) in [7, 11) is 0. The van der Waals surface area contributed by atoms with E-state index in [1.54, 1.807) is 0 Å². The van der Waals surface area contributed by atoms with Gasteiger partial charge in [-0.1, -0.05) is 71.2 Å². The van der Waals surface area contributed by atoms with Crippen LogP contribution in [-0.2, 0) is 0 Å². The molecule has 1 heterocycles. The summed E-state index contributed by atoms with van der Waals surface area (Å²) in [5.41, 5.74) is 2.59. The third kappa shape index (κ3) is 4.58. The number of hydrogen-bond acceptors (Lipinski definition) is 2. The number of carbonyl (C=O) groups excluding carboxylic acids is 1. The van der Waals surface area contributed by atoms with E-state index in [2.05, 4.69) is 80.7 Å². The van der Waals surface area contributed by atoms with Crippen molar-refractivity contribution in [2.75, 3.05) is 26.2 Å². The van der Waals surface area contributed by atoms with E-state index >= 15 is 0 Å². The van der Waals surface area contributed by atoms with Crippen LogP contribution in [-0.4, -0.2) is 48.1 Å². The molecule has 2 amide bonds. The van der Waals surface area contributed by atoms with Crippen molar-refractivity contribution in [2.24, 2.45) is 0 Å². The van der Waals surface area contributed by atoms with Crippen LogP contribution in [0.1, 0.15) is 42.9 Å². The van der Waals surface area contributed by atoms with E-state index < -0.39 is 0 Å². The third-order valence-electron chi connectivity index (χ3n) is 5.95. The lowest BCUT2D eigenvalue weighted by Crippen LogP contribution is -2.53. The first-order valence-electron chi connectivity index (χ1n) is 10.3. The van der Waals surface area contributed by atoms with Gasteiger partial charge in [0.05, 0.1) is 6.04 Å². The first-order valence-corrected chi connectivity index (χ1v) is 11.1. The smallest absolute Gasteiger partial charge is 0.317 e. The fraction of sp³-hybridized carbons (Fsp3) is 0.435. The van der Waals surface area contributed by atoms with Gasteiger partial charge in [0.25, 0.3) is 0 Å². The molecule has 1 N–H and O–H groups in total. The summed E-state index contributed by atoms with van der Waals surface area (Å²) in [6.07, 6.45) is 4.74. The summed E-state index contributed by atoms with van der Waals surface area (Å²) >= 11 is 3.54. The SMILES string of the molecule is O=C(NC1CCCC1)N1CCN([C@@H](c2ccccc2)c2ccc(Br)cc2)CC1. The second-order valence-corrected chi connectivity index (χ2v) is 8.73. The van der Waals surface area contributed by atoms with Gasteiger partial charge in [-0.2, -0.15) is 0 Å². The Bertz CT molecular complexity index is 766. The van der Waals surface area contributed by atoms with Crippen LogP contribution in [0.4, 0.5) is 4.79 Å². The molecule has 2 aromatic rings. The fourth-order valence-electron chi connectivity index (χ4n) is 4.41. The Morgan fingerprint density at radius 1 is 0.893 bits per heavy atom. The maximum Gasteiger partial charge on any atom is 0.317 e. The lowest BCUT2D eigenvalue weighted by Gasteiger charge is -2.40. The molecule has 4 rings (SSSR count). The fourth-order valence-corrected chi connectivity index (χ4v) is 4.68. The first-order chi connectivity index (χ1) is 13.7. The number of benzene rings is 2. The summed E-state index contributed by atoms with van der Waals surface area (Å²) in [4.78, 5) is 17.1. The minimum absolute atomic E-state index is 0.117. The van der Waals surface area contributed by atoms with Crippen molar-refractivity contribution in [3.8, 4) is 0 Å². The molecule has 4 nitrogen and oxygen atoms in total. The minimum atomic E-state index is 0.117. The monoisotopic (exact) mass is 441 g/mol. The van der Waals surface area contributed by atoms with E-state index in [-0.39, 0.29) is 12.1 Å². The van der Waals surface area contributed by atoms with Gasteiger partial charge in [0.1, 0.15) is 0 Å². The third-order valence-corrected chi connectivity index (χ3v) is 6.48. The summed E-state index contributed by atoms with van der Waals surface area (Å²) in [5.74, 6) is 0. The van der Waals surface area contributed by atoms with Crippen molar-refractivity contribution >= 4 is 22.0 Å². The highest BCUT2D eigenvalue weighted by molar-refractivity contribution is 9.10. The molecule has 0 radical (unpaired) electrons. The molecule has 0 spiro atoms. The molecule has 2 aromatic carbocycles. The van der Waals surface area contributed by atoms with Crippen molar-refractivity contribution in [1.82, 2.24) is 15.1 Å². The van der Waals surface area contributed by atoms with Gasteiger partial charge in [-0.25, -0.2) is 4.79 Å². The molecule has 5 heteroatoms. The molecule has 2 aliphatic rings. The Kier molecular flexibility index (Phi) is 6.33. The molecule has 2 fully saturated rings. The molecule has 1 aliphatic carbocycles. The molecule has 0 aromatic heterocycles. The number of nitrogens with zero attached hydrogens (tertiary/aromatic N) is 2. The highest BCUT2D eigenvalue weighted by Gasteiger charge is 2.29. The van der Waals surface area contributed by atoms with Crippen LogP contribution in [0.2, 0.25) is 0 Å². The summed E-state index contributed by atoms with van der Waals surface area (Å²) in [6, 6.07) is 20.0. The zero-order chi connectivity index (χ0) is 19.3. The zero-order valence-electron chi connectivity index (χ0n) is 16.2. The quantitative estimate of drug-likeness (QED) is 0.738. The minimum Gasteiger partial charge on any atom is -0.335 e. The molecule has 1 atom stereocenters. The van der Waals surface area contributed by atoms with Gasteiger partial charge in [-0.15, -0.1) is 0 Å². The maximum atomic E-state index is 12.6. The van der Waals surface area contributed by atoms with Crippen molar-refractivity contribution in [3.63, 3.8) is 0 Å². The lowest BCUT2D eigenvalue weighted by molar-refractivity contribution is 0.119.